The summed E-state index contributed by atoms with van der Waals surface area (Å²) < 4.78 is 17.8. The zero-order chi connectivity index (χ0) is 16.5. The number of hydrogen-bond donors (Lipinski definition) is 0. The molecule has 0 radical (unpaired) electrons. The maximum absolute atomic E-state index is 5.93. The Morgan fingerprint density at radius 2 is 1.57 bits per heavy atom. The van der Waals surface area contributed by atoms with Crippen molar-refractivity contribution in [2.45, 2.75) is 49.4 Å². The summed E-state index contributed by atoms with van der Waals surface area (Å²) in [5.41, 5.74) is 1.42. The highest BCUT2D eigenvalue weighted by Crippen LogP contribution is 2.54. The van der Waals surface area contributed by atoms with Crippen LogP contribution in [0.25, 0.3) is 0 Å². The van der Waals surface area contributed by atoms with E-state index >= 15 is 0 Å². The van der Waals surface area contributed by atoms with Crippen LogP contribution in [0.1, 0.15) is 32.8 Å². The molecule has 2 rings (SSSR count). The molecule has 0 saturated heterocycles. The van der Waals surface area contributed by atoms with Crippen LogP contribution in [0.3, 0.4) is 0 Å². The number of rotatable bonds is 10. The van der Waals surface area contributed by atoms with Crippen molar-refractivity contribution in [3.63, 3.8) is 0 Å². The monoisotopic (exact) mass is 408 g/mol. The molecular weight excluding hydrogens is 385 g/mol. The van der Waals surface area contributed by atoms with Gasteiger partial charge in [0, 0.05) is 35.7 Å². The summed E-state index contributed by atoms with van der Waals surface area (Å²) in [6, 6.07) is 7.67. The standard InChI is InChI=1S/C15H24O3S4Si/c1-4-16-23(17-5-2,18-6-3)11-7-8-13-9-10-14-12-15(13)20-22-21-19-14/h9-10,12H,4-8,11H2,1-3H3. The van der Waals surface area contributed by atoms with E-state index < -0.39 is 8.80 Å². The predicted molar refractivity (Wildman–Crippen MR) is 107 cm³/mol. The molecule has 2 bridgehead atoms. The quantitative estimate of drug-likeness (QED) is 0.342. The summed E-state index contributed by atoms with van der Waals surface area (Å²) in [6.07, 6.45) is 2.07. The largest absolute Gasteiger partial charge is 0.500 e. The Morgan fingerprint density at radius 3 is 2.22 bits per heavy atom. The summed E-state index contributed by atoms with van der Waals surface area (Å²) in [4.78, 5) is 2.73. The van der Waals surface area contributed by atoms with E-state index in [1.807, 2.05) is 62.0 Å². The minimum atomic E-state index is -2.50. The molecule has 0 unspecified atom stereocenters. The Balaban J connectivity index is 1.96. The molecule has 8 heteroatoms. The molecule has 0 atom stereocenters. The zero-order valence-corrected chi connectivity index (χ0v) is 18.1. The summed E-state index contributed by atoms with van der Waals surface area (Å²) in [5, 5.41) is 0. The lowest BCUT2D eigenvalue weighted by molar-refractivity contribution is 0.0708. The van der Waals surface area contributed by atoms with Crippen LogP contribution in [0.2, 0.25) is 6.04 Å². The molecule has 0 aromatic heterocycles. The highest BCUT2D eigenvalue weighted by molar-refractivity contribution is 9.26. The van der Waals surface area contributed by atoms with E-state index in [0.717, 1.165) is 18.9 Å². The van der Waals surface area contributed by atoms with Gasteiger partial charge >= 0.3 is 8.80 Å². The first-order valence-electron chi connectivity index (χ1n) is 7.95. The van der Waals surface area contributed by atoms with Crippen LogP contribution >= 0.6 is 41.2 Å². The van der Waals surface area contributed by atoms with Gasteiger partial charge in [-0.05, 0) is 92.5 Å². The molecule has 0 fully saturated rings. The van der Waals surface area contributed by atoms with Gasteiger partial charge in [-0.25, -0.2) is 0 Å². The predicted octanol–water partition coefficient (Wildman–Crippen LogP) is 6.08. The molecule has 1 aliphatic heterocycles. The number of hydrogen-bond acceptors (Lipinski definition) is 7. The van der Waals surface area contributed by atoms with Crippen molar-refractivity contribution in [2.24, 2.45) is 0 Å². The van der Waals surface area contributed by atoms with Gasteiger partial charge in [0.05, 0.1) is 0 Å². The molecule has 0 aliphatic carbocycles. The fourth-order valence-corrected chi connectivity index (χ4v) is 10.9. The second-order valence-corrected chi connectivity index (χ2v) is 13.4. The fourth-order valence-electron chi connectivity index (χ4n) is 2.47. The minimum Gasteiger partial charge on any atom is -0.374 e. The number of fused-ring (bicyclic) bond motifs is 2. The van der Waals surface area contributed by atoms with Gasteiger partial charge in [-0.15, -0.1) is 0 Å². The van der Waals surface area contributed by atoms with Crippen LogP contribution in [0, 0.1) is 0 Å². The van der Waals surface area contributed by atoms with Gasteiger partial charge in [-0.1, -0.05) is 6.07 Å². The third-order valence-electron chi connectivity index (χ3n) is 3.34. The van der Waals surface area contributed by atoms with Crippen molar-refractivity contribution >= 4 is 50.0 Å². The summed E-state index contributed by atoms with van der Waals surface area (Å²) in [6.45, 7) is 7.97. The van der Waals surface area contributed by atoms with E-state index in [4.69, 9.17) is 13.3 Å². The molecular formula is C15H24O3S4Si. The molecule has 0 spiro atoms. The smallest absolute Gasteiger partial charge is 0.374 e. The summed E-state index contributed by atoms with van der Waals surface area (Å²) in [7, 11) is 4.87. The van der Waals surface area contributed by atoms with Gasteiger partial charge in [0.15, 0.2) is 0 Å². The van der Waals surface area contributed by atoms with Gasteiger partial charge in [0.1, 0.15) is 0 Å². The second-order valence-electron chi connectivity index (χ2n) is 4.91. The van der Waals surface area contributed by atoms with Gasteiger partial charge in [0.25, 0.3) is 0 Å². The van der Waals surface area contributed by atoms with Crippen LogP contribution in [-0.2, 0) is 19.7 Å². The van der Waals surface area contributed by atoms with E-state index in [1.54, 1.807) is 0 Å². The minimum absolute atomic E-state index is 0.646. The SMILES string of the molecule is CCO[Si](CCCc1ccc2cc1SSSS2)(OCC)OCC. The van der Waals surface area contributed by atoms with Crippen LogP contribution in [0.4, 0.5) is 0 Å². The van der Waals surface area contributed by atoms with Crippen LogP contribution in [0.15, 0.2) is 28.0 Å². The van der Waals surface area contributed by atoms with E-state index in [2.05, 4.69) is 18.2 Å². The van der Waals surface area contributed by atoms with E-state index in [0.29, 0.717) is 19.8 Å². The molecule has 23 heavy (non-hydrogen) atoms. The zero-order valence-electron chi connectivity index (χ0n) is 13.8. The Bertz CT molecular complexity index is 473. The molecule has 0 amide bonds. The maximum Gasteiger partial charge on any atom is 0.500 e. The van der Waals surface area contributed by atoms with Crippen molar-refractivity contribution < 1.29 is 13.3 Å². The normalized spacial score (nSPS) is 14.7. The summed E-state index contributed by atoms with van der Waals surface area (Å²) >= 11 is 0. The fraction of sp³-hybridized carbons (Fsp3) is 0.600. The Kier molecular flexibility index (Phi) is 9.28. The molecule has 1 heterocycles. The van der Waals surface area contributed by atoms with Crippen LogP contribution in [-0.4, -0.2) is 28.6 Å². The van der Waals surface area contributed by atoms with Crippen molar-refractivity contribution in [1.82, 2.24) is 0 Å². The molecule has 0 saturated carbocycles. The molecule has 0 N–H and O–H groups in total. The van der Waals surface area contributed by atoms with Crippen molar-refractivity contribution in [1.29, 1.82) is 0 Å². The lowest BCUT2D eigenvalue weighted by Gasteiger charge is -2.28. The molecule has 1 aliphatic rings. The Hall–Kier alpha value is 0.717. The third-order valence-corrected chi connectivity index (χ3v) is 12.6. The first kappa shape index (κ1) is 20.0. The lowest BCUT2D eigenvalue weighted by Crippen LogP contribution is -2.46. The molecule has 1 aromatic carbocycles. The van der Waals surface area contributed by atoms with E-state index in [-0.39, 0.29) is 0 Å². The average Bonchev–Trinajstić information content (AvgIpc) is 2.72. The van der Waals surface area contributed by atoms with Gasteiger partial charge in [-0.2, -0.15) is 0 Å². The lowest BCUT2D eigenvalue weighted by atomic mass is 10.1. The van der Waals surface area contributed by atoms with E-state index in [9.17, 15) is 0 Å². The van der Waals surface area contributed by atoms with Crippen molar-refractivity contribution in [2.75, 3.05) is 19.8 Å². The Morgan fingerprint density at radius 1 is 0.913 bits per heavy atom. The first-order valence-corrected chi connectivity index (χ1v) is 14.7. The Labute approximate surface area is 155 Å². The average molecular weight is 409 g/mol. The molecule has 130 valence electrons. The number of aryl methyl sites for hydroxylation is 1. The topological polar surface area (TPSA) is 27.7 Å². The first-order chi connectivity index (χ1) is 11.2. The second kappa shape index (κ2) is 10.7. The van der Waals surface area contributed by atoms with Gasteiger partial charge < -0.3 is 13.3 Å². The third kappa shape index (κ3) is 6.18. The van der Waals surface area contributed by atoms with Crippen LogP contribution in [0.5, 0.6) is 0 Å². The highest BCUT2D eigenvalue weighted by Gasteiger charge is 2.39. The van der Waals surface area contributed by atoms with Crippen molar-refractivity contribution in [3.8, 4) is 0 Å². The van der Waals surface area contributed by atoms with Crippen LogP contribution < -0.4 is 0 Å². The maximum atomic E-state index is 5.93. The molecule has 3 nitrogen and oxygen atoms in total. The molecule has 1 aromatic rings. The highest BCUT2D eigenvalue weighted by atomic mass is 33.7. The van der Waals surface area contributed by atoms with Gasteiger partial charge in [-0.3, -0.25) is 0 Å². The number of benzene rings is 1. The van der Waals surface area contributed by atoms with Gasteiger partial charge in [0.2, 0.25) is 0 Å². The van der Waals surface area contributed by atoms with E-state index in [1.165, 1.54) is 15.4 Å². The van der Waals surface area contributed by atoms with Crippen molar-refractivity contribution in [3.05, 3.63) is 23.8 Å². The summed E-state index contributed by atoms with van der Waals surface area (Å²) in [5.74, 6) is 0.